The summed E-state index contributed by atoms with van der Waals surface area (Å²) in [5.41, 5.74) is 4.85. The van der Waals surface area contributed by atoms with E-state index in [1.165, 1.54) is 17.1 Å². The molecule has 3 heteroatoms. The third kappa shape index (κ3) is 2.16. The number of imidazole rings is 1. The number of hydrogen-bond donors (Lipinski definition) is 1. The van der Waals surface area contributed by atoms with Crippen LogP contribution in [0.25, 0.3) is 17.1 Å². The maximum absolute atomic E-state index is 4.90. The highest BCUT2D eigenvalue weighted by atomic mass is 15.1. The van der Waals surface area contributed by atoms with Gasteiger partial charge in [0.15, 0.2) is 0 Å². The molecule has 3 aromatic rings. The molecule has 0 fully saturated rings. The van der Waals surface area contributed by atoms with Gasteiger partial charge < -0.3 is 5.32 Å². The summed E-state index contributed by atoms with van der Waals surface area (Å²) < 4.78 is 2.31. The molecule has 104 valence electrons. The maximum Gasteiger partial charge on any atom is 0.145 e. The van der Waals surface area contributed by atoms with Crippen LogP contribution < -0.4 is 5.32 Å². The van der Waals surface area contributed by atoms with Crippen molar-refractivity contribution in [2.24, 2.45) is 0 Å². The lowest BCUT2D eigenvalue weighted by molar-refractivity contribution is 0.620. The molecular weight excluding hydrogens is 258 g/mol. The molecule has 4 rings (SSSR count). The molecule has 0 radical (unpaired) electrons. The molecule has 0 unspecified atom stereocenters. The van der Waals surface area contributed by atoms with E-state index in [0.717, 1.165) is 30.9 Å². The van der Waals surface area contributed by atoms with Gasteiger partial charge >= 0.3 is 0 Å². The molecule has 0 saturated heterocycles. The van der Waals surface area contributed by atoms with Crippen LogP contribution in [0.3, 0.4) is 0 Å². The van der Waals surface area contributed by atoms with Crippen LogP contribution in [0.15, 0.2) is 60.7 Å². The molecule has 1 N–H and O–H groups in total. The summed E-state index contributed by atoms with van der Waals surface area (Å²) in [7, 11) is 0. The van der Waals surface area contributed by atoms with Crippen LogP contribution >= 0.6 is 0 Å². The van der Waals surface area contributed by atoms with E-state index < -0.39 is 0 Å². The van der Waals surface area contributed by atoms with Crippen molar-refractivity contribution in [2.75, 3.05) is 6.54 Å². The largest absolute Gasteiger partial charge is 0.311 e. The number of hydrogen-bond acceptors (Lipinski definition) is 2. The fourth-order valence-electron chi connectivity index (χ4n) is 2.95. The van der Waals surface area contributed by atoms with Gasteiger partial charge in [-0.2, -0.15) is 0 Å². The number of fused-ring (bicyclic) bond motifs is 1. The highest BCUT2D eigenvalue weighted by Gasteiger charge is 2.21. The van der Waals surface area contributed by atoms with Crippen molar-refractivity contribution in [3.05, 3.63) is 72.1 Å². The number of para-hydroxylation sites is 1. The topological polar surface area (TPSA) is 29.9 Å². The van der Waals surface area contributed by atoms with Gasteiger partial charge in [0.05, 0.1) is 5.69 Å². The summed E-state index contributed by atoms with van der Waals surface area (Å²) in [6.45, 7) is 1.87. The fourth-order valence-corrected chi connectivity index (χ4v) is 2.95. The molecule has 1 aliphatic heterocycles. The molecular formula is C18H17N3. The maximum atomic E-state index is 4.90. The standard InChI is InChI=1S/C18H17N3/c1-3-7-14(8-4-1)18-20-16-13-19-12-11-17(16)21(18)15-9-5-2-6-10-15/h1-10,19H,11-13H2. The van der Waals surface area contributed by atoms with Crippen molar-refractivity contribution in [3.63, 3.8) is 0 Å². The smallest absolute Gasteiger partial charge is 0.145 e. The lowest BCUT2D eigenvalue weighted by atomic mass is 10.1. The second kappa shape index (κ2) is 5.19. The average molecular weight is 275 g/mol. The van der Waals surface area contributed by atoms with Crippen molar-refractivity contribution < 1.29 is 0 Å². The van der Waals surface area contributed by atoms with E-state index in [1.54, 1.807) is 0 Å². The predicted molar refractivity (Wildman–Crippen MR) is 84.4 cm³/mol. The SMILES string of the molecule is c1ccc(-c2nc3c(n2-c2ccccc2)CCNC3)cc1. The van der Waals surface area contributed by atoms with Gasteiger partial charge in [-0.05, 0) is 12.1 Å². The Labute approximate surface area is 124 Å². The number of benzene rings is 2. The molecule has 21 heavy (non-hydrogen) atoms. The number of nitrogens with zero attached hydrogens (tertiary/aromatic N) is 2. The molecule has 0 amide bonds. The summed E-state index contributed by atoms with van der Waals surface area (Å²) in [6, 6.07) is 20.9. The van der Waals surface area contributed by atoms with Crippen LogP contribution in [0.4, 0.5) is 0 Å². The molecule has 0 atom stereocenters. The zero-order chi connectivity index (χ0) is 14.1. The van der Waals surface area contributed by atoms with Crippen molar-refractivity contribution >= 4 is 0 Å². The predicted octanol–water partition coefficient (Wildman–Crippen LogP) is 3.19. The third-order valence-corrected chi connectivity index (χ3v) is 3.93. The number of aromatic nitrogens is 2. The van der Waals surface area contributed by atoms with E-state index >= 15 is 0 Å². The lowest BCUT2D eigenvalue weighted by Crippen LogP contribution is -2.24. The van der Waals surface area contributed by atoms with Gasteiger partial charge in [-0.25, -0.2) is 4.98 Å². The van der Waals surface area contributed by atoms with Crippen LogP contribution in [0.5, 0.6) is 0 Å². The van der Waals surface area contributed by atoms with E-state index in [0.29, 0.717) is 0 Å². The highest BCUT2D eigenvalue weighted by Crippen LogP contribution is 2.28. The van der Waals surface area contributed by atoms with E-state index in [9.17, 15) is 0 Å². The minimum Gasteiger partial charge on any atom is -0.311 e. The fraction of sp³-hybridized carbons (Fsp3) is 0.167. The van der Waals surface area contributed by atoms with Gasteiger partial charge in [-0.15, -0.1) is 0 Å². The molecule has 0 spiro atoms. The summed E-state index contributed by atoms with van der Waals surface area (Å²) in [5.74, 6) is 1.04. The van der Waals surface area contributed by atoms with Gasteiger partial charge in [0, 0.05) is 36.5 Å². The van der Waals surface area contributed by atoms with Crippen LogP contribution in [0.2, 0.25) is 0 Å². The Morgan fingerprint density at radius 3 is 2.38 bits per heavy atom. The van der Waals surface area contributed by atoms with Gasteiger partial charge in [0.1, 0.15) is 5.82 Å². The second-order valence-electron chi connectivity index (χ2n) is 5.29. The van der Waals surface area contributed by atoms with Gasteiger partial charge in [-0.3, -0.25) is 4.57 Å². The van der Waals surface area contributed by atoms with Crippen molar-refractivity contribution in [2.45, 2.75) is 13.0 Å². The van der Waals surface area contributed by atoms with Crippen LogP contribution in [-0.4, -0.2) is 16.1 Å². The Balaban J connectivity index is 1.96. The Hall–Kier alpha value is -2.39. The molecule has 0 aliphatic carbocycles. The molecule has 2 aromatic carbocycles. The summed E-state index contributed by atoms with van der Waals surface area (Å²) in [5, 5.41) is 3.41. The van der Waals surface area contributed by atoms with E-state index in [2.05, 4.69) is 64.5 Å². The van der Waals surface area contributed by atoms with Gasteiger partial charge in [0.2, 0.25) is 0 Å². The second-order valence-corrected chi connectivity index (χ2v) is 5.29. The molecule has 2 heterocycles. The quantitative estimate of drug-likeness (QED) is 0.778. The number of nitrogens with one attached hydrogen (secondary N) is 1. The minimum absolute atomic E-state index is 0.856. The van der Waals surface area contributed by atoms with Crippen molar-refractivity contribution in [1.82, 2.24) is 14.9 Å². The van der Waals surface area contributed by atoms with E-state index in [1.807, 2.05) is 6.07 Å². The Bertz CT molecular complexity index is 745. The first kappa shape index (κ1) is 12.4. The monoisotopic (exact) mass is 275 g/mol. The molecule has 0 saturated carbocycles. The minimum atomic E-state index is 0.856. The molecule has 3 nitrogen and oxygen atoms in total. The molecule has 1 aromatic heterocycles. The van der Waals surface area contributed by atoms with Crippen LogP contribution in [0, 0.1) is 0 Å². The lowest BCUT2D eigenvalue weighted by Gasteiger charge is -2.16. The summed E-state index contributed by atoms with van der Waals surface area (Å²) in [4.78, 5) is 4.90. The van der Waals surface area contributed by atoms with Gasteiger partial charge in [0.25, 0.3) is 0 Å². The van der Waals surface area contributed by atoms with Crippen LogP contribution in [0.1, 0.15) is 11.4 Å². The summed E-state index contributed by atoms with van der Waals surface area (Å²) >= 11 is 0. The zero-order valence-electron chi connectivity index (χ0n) is 11.8. The summed E-state index contributed by atoms with van der Waals surface area (Å²) in [6.07, 6.45) is 1.02. The molecule has 0 bridgehead atoms. The van der Waals surface area contributed by atoms with Crippen molar-refractivity contribution in [3.8, 4) is 17.1 Å². The average Bonchev–Trinajstić information content (AvgIpc) is 2.96. The third-order valence-electron chi connectivity index (χ3n) is 3.93. The van der Waals surface area contributed by atoms with Gasteiger partial charge in [-0.1, -0.05) is 48.5 Å². The van der Waals surface area contributed by atoms with Crippen LogP contribution in [-0.2, 0) is 13.0 Å². The molecule has 1 aliphatic rings. The first-order valence-corrected chi connectivity index (χ1v) is 7.35. The Kier molecular flexibility index (Phi) is 3.05. The van der Waals surface area contributed by atoms with Crippen molar-refractivity contribution in [1.29, 1.82) is 0 Å². The highest BCUT2D eigenvalue weighted by molar-refractivity contribution is 5.60. The first-order chi connectivity index (χ1) is 10.4. The normalized spacial score (nSPS) is 13.9. The Morgan fingerprint density at radius 1 is 0.905 bits per heavy atom. The first-order valence-electron chi connectivity index (χ1n) is 7.35. The zero-order valence-corrected chi connectivity index (χ0v) is 11.8. The number of rotatable bonds is 2. The van der Waals surface area contributed by atoms with E-state index in [4.69, 9.17) is 4.98 Å². The van der Waals surface area contributed by atoms with E-state index in [-0.39, 0.29) is 0 Å². The Morgan fingerprint density at radius 2 is 1.62 bits per heavy atom.